The monoisotopic (exact) mass is 636 g/mol. The number of aliphatic imine (C=N–C) groups is 1. The van der Waals surface area contributed by atoms with E-state index in [4.69, 9.17) is 9.73 Å². The summed E-state index contributed by atoms with van der Waals surface area (Å²) in [6.07, 6.45) is 12.7. The van der Waals surface area contributed by atoms with Crippen LogP contribution < -0.4 is 16.0 Å². The molecule has 0 bridgehead atoms. The molecule has 2 aliphatic rings. The van der Waals surface area contributed by atoms with E-state index in [2.05, 4.69) is 29.5 Å². The third-order valence-corrected chi connectivity index (χ3v) is 8.09. The van der Waals surface area contributed by atoms with Gasteiger partial charge in [0, 0.05) is 23.2 Å². The van der Waals surface area contributed by atoms with E-state index in [-0.39, 0.29) is 12.5 Å². The van der Waals surface area contributed by atoms with Gasteiger partial charge in [-0.25, -0.2) is 0 Å². The van der Waals surface area contributed by atoms with Crippen LogP contribution in [-0.4, -0.2) is 48.9 Å². The molecule has 3 atom stereocenters. The van der Waals surface area contributed by atoms with Gasteiger partial charge in [0.2, 0.25) is 5.91 Å². The number of likely N-dealkylation sites (N-methyl/N-ethyl adjacent to an activating group) is 1. The quantitative estimate of drug-likeness (QED) is 0.0968. The summed E-state index contributed by atoms with van der Waals surface area (Å²) in [5.41, 5.74) is 8.08. The largest absolute Gasteiger partial charge is 0.392 e. The van der Waals surface area contributed by atoms with E-state index < -0.39 is 18.5 Å². The van der Waals surface area contributed by atoms with Crippen molar-refractivity contribution in [3.8, 4) is 0 Å². The van der Waals surface area contributed by atoms with E-state index >= 15 is 0 Å². The number of carbonyl (C=O) groups excluding carboxylic acids is 1. The van der Waals surface area contributed by atoms with Crippen LogP contribution in [0.3, 0.4) is 0 Å². The molecule has 7 heteroatoms. The van der Waals surface area contributed by atoms with Gasteiger partial charge in [0.25, 0.3) is 0 Å². The number of fused-ring (bicyclic) bond motifs is 1. The van der Waals surface area contributed by atoms with Gasteiger partial charge < -0.3 is 15.2 Å². The van der Waals surface area contributed by atoms with Crippen molar-refractivity contribution < 1.29 is 14.6 Å². The number of amides is 1. The number of nitrogens with one attached hydrogen (secondary N) is 3. The van der Waals surface area contributed by atoms with Crippen molar-refractivity contribution in [1.82, 2.24) is 10.6 Å². The molecule has 0 spiro atoms. The van der Waals surface area contributed by atoms with E-state index in [1.165, 1.54) is 12.8 Å². The number of rotatable bonds is 14. The van der Waals surface area contributed by atoms with Gasteiger partial charge in [-0.05, 0) is 105 Å². The summed E-state index contributed by atoms with van der Waals surface area (Å²) in [4.78, 5) is 18.2. The second-order valence-corrected chi connectivity index (χ2v) is 11.2. The number of ether oxygens (including phenoxy) is 1. The number of para-hydroxylation sites is 1. The molecule has 0 aromatic heterocycles. The molecule has 1 heterocycles. The van der Waals surface area contributed by atoms with E-state index in [9.17, 15) is 9.90 Å². The van der Waals surface area contributed by atoms with Gasteiger partial charge in [0.05, 0.1) is 6.61 Å². The Labute approximate surface area is 281 Å². The molecule has 250 valence electrons. The fourth-order valence-electron chi connectivity index (χ4n) is 5.35. The number of aliphatic hydroxyl groups excluding tert-OH is 1. The Hall–Kier alpha value is -4.14. The lowest BCUT2D eigenvalue weighted by molar-refractivity contribution is -0.118. The second kappa shape index (κ2) is 18.9. The SMILES string of the molecule is C=CC(=C\N=C(C)C1CC1)/C(=C/C(=C\C)CO)C(=C/C)/C(NC)OC(C)NC1C=C(c2ccccc2)c2ccccc2NC1=O.CC. The maximum Gasteiger partial charge on any atom is 0.245 e. The highest BCUT2D eigenvalue weighted by Crippen LogP contribution is 2.33. The third kappa shape index (κ3) is 10.2. The van der Waals surface area contributed by atoms with Crippen molar-refractivity contribution in [2.75, 3.05) is 19.0 Å². The lowest BCUT2D eigenvalue weighted by Gasteiger charge is -2.28. The number of allylic oxidation sites excluding steroid dienone is 4. The van der Waals surface area contributed by atoms with Gasteiger partial charge in [0.1, 0.15) is 18.5 Å². The summed E-state index contributed by atoms with van der Waals surface area (Å²) in [5, 5.41) is 19.8. The van der Waals surface area contributed by atoms with Crippen LogP contribution in [-0.2, 0) is 9.53 Å². The summed E-state index contributed by atoms with van der Waals surface area (Å²) in [5.74, 6) is 0.383. The molecule has 3 unspecified atom stereocenters. The van der Waals surface area contributed by atoms with Crippen molar-refractivity contribution in [2.24, 2.45) is 10.9 Å². The van der Waals surface area contributed by atoms with Crippen LogP contribution in [0.5, 0.6) is 0 Å². The van der Waals surface area contributed by atoms with E-state index in [1.54, 1.807) is 6.08 Å². The topological polar surface area (TPSA) is 95.0 Å². The normalized spacial score (nSPS) is 19.0. The van der Waals surface area contributed by atoms with Crippen molar-refractivity contribution >= 4 is 22.9 Å². The molecule has 4 rings (SSSR count). The molecule has 1 aliphatic heterocycles. The Kier molecular flexibility index (Phi) is 15.0. The molecule has 0 radical (unpaired) electrons. The Bertz CT molecular complexity index is 1540. The molecule has 7 nitrogen and oxygen atoms in total. The standard InChI is InChI=1S/C38H46N4O3.C2H6/c1-7-27(24-43)21-33(28(8-2)23-40-25(4)29-19-20-29)31(9-3)38(39-6)45-26(5)41-36-22-34(30-15-11-10-12-16-30)32-17-13-14-18-35(32)42-37(36)44;1-2/h7-18,21-23,26,29,36,38-39,41,43H,2,19-20,24H2,1,3-6H3,(H,42,44);1-2H3/b27-7+,28-23+,31-9-,33-21-,40-25?;. The number of hydrogen-bond donors (Lipinski definition) is 4. The predicted molar refractivity (Wildman–Crippen MR) is 197 cm³/mol. The first-order valence-corrected chi connectivity index (χ1v) is 16.6. The zero-order valence-corrected chi connectivity index (χ0v) is 29.0. The summed E-state index contributed by atoms with van der Waals surface area (Å²) >= 11 is 0. The zero-order chi connectivity index (χ0) is 34.3. The molecular weight excluding hydrogens is 584 g/mol. The second-order valence-electron chi connectivity index (χ2n) is 11.2. The predicted octanol–water partition coefficient (Wildman–Crippen LogP) is 7.72. The highest BCUT2D eigenvalue weighted by molar-refractivity contribution is 6.04. The van der Waals surface area contributed by atoms with Gasteiger partial charge >= 0.3 is 0 Å². The third-order valence-electron chi connectivity index (χ3n) is 8.09. The minimum Gasteiger partial charge on any atom is -0.392 e. The van der Waals surface area contributed by atoms with E-state index in [0.29, 0.717) is 5.92 Å². The summed E-state index contributed by atoms with van der Waals surface area (Å²) in [7, 11) is 1.83. The molecule has 0 saturated heterocycles. The van der Waals surface area contributed by atoms with Crippen LogP contribution in [0.1, 0.15) is 65.5 Å². The number of carbonyl (C=O) groups is 1. The number of aliphatic hydroxyl groups is 1. The van der Waals surface area contributed by atoms with Gasteiger partial charge in [0.15, 0.2) is 0 Å². The first kappa shape index (κ1) is 37.3. The smallest absolute Gasteiger partial charge is 0.245 e. The average Bonchev–Trinajstić information content (AvgIpc) is 3.97. The summed E-state index contributed by atoms with van der Waals surface area (Å²) in [6, 6.07) is 17.2. The van der Waals surface area contributed by atoms with Gasteiger partial charge in [-0.15, -0.1) is 0 Å². The van der Waals surface area contributed by atoms with Gasteiger partial charge in [-0.3, -0.25) is 20.4 Å². The van der Waals surface area contributed by atoms with Crippen LogP contribution in [0.4, 0.5) is 5.69 Å². The van der Waals surface area contributed by atoms with Crippen LogP contribution >= 0.6 is 0 Å². The number of anilines is 1. The van der Waals surface area contributed by atoms with Gasteiger partial charge in [-0.2, -0.15) is 0 Å². The lowest BCUT2D eigenvalue weighted by atomic mass is 9.94. The molecule has 4 N–H and O–H groups in total. The molecule has 1 aliphatic carbocycles. The highest BCUT2D eigenvalue weighted by atomic mass is 16.5. The lowest BCUT2D eigenvalue weighted by Crippen LogP contribution is -2.47. The zero-order valence-electron chi connectivity index (χ0n) is 29.0. The minimum atomic E-state index is -0.656. The average molecular weight is 637 g/mol. The summed E-state index contributed by atoms with van der Waals surface area (Å²) in [6.45, 7) is 15.8. The van der Waals surface area contributed by atoms with Crippen LogP contribution in [0.25, 0.3) is 5.57 Å². The molecule has 1 fully saturated rings. The maximum absolute atomic E-state index is 13.5. The summed E-state index contributed by atoms with van der Waals surface area (Å²) < 4.78 is 6.54. The Morgan fingerprint density at radius 3 is 2.38 bits per heavy atom. The number of benzene rings is 2. The Morgan fingerprint density at radius 2 is 1.79 bits per heavy atom. The van der Waals surface area contributed by atoms with Crippen molar-refractivity contribution in [3.63, 3.8) is 0 Å². The van der Waals surface area contributed by atoms with Crippen molar-refractivity contribution in [2.45, 2.75) is 72.9 Å². The molecule has 1 saturated carbocycles. The molecule has 1 amide bonds. The minimum absolute atomic E-state index is 0.107. The number of hydrogen-bond acceptors (Lipinski definition) is 6. The fraction of sp³-hybridized carbons (Fsp3) is 0.350. The number of nitrogens with zero attached hydrogens (tertiary/aromatic N) is 1. The maximum atomic E-state index is 13.5. The van der Waals surface area contributed by atoms with Crippen LogP contribution in [0.15, 0.2) is 125 Å². The molecule has 2 aromatic rings. The molecular formula is C40H52N4O3. The fourth-order valence-corrected chi connectivity index (χ4v) is 5.35. The Morgan fingerprint density at radius 1 is 1.11 bits per heavy atom. The van der Waals surface area contributed by atoms with Crippen molar-refractivity contribution in [1.29, 1.82) is 0 Å². The highest BCUT2D eigenvalue weighted by Gasteiger charge is 2.28. The Balaban J connectivity index is 0.00000294. The van der Waals surface area contributed by atoms with Gasteiger partial charge in [-0.1, -0.05) is 87.2 Å². The first-order valence-electron chi connectivity index (χ1n) is 16.6. The molecule has 2 aromatic carbocycles. The van der Waals surface area contributed by atoms with Crippen LogP contribution in [0, 0.1) is 5.92 Å². The first-order chi connectivity index (χ1) is 22.8. The van der Waals surface area contributed by atoms with E-state index in [0.717, 1.165) is 50.4 Å². The van der Waals surface area contributed by atoms with E-state index in [1.807, 2.05) is 127 Å². The van der Waals surface area contributed by atoms with Crippen molar-refractivity contribution in [3.05, 3.63) is 131 Å². The van der Waals surface area contributed by atoms with Crippen LogP contribution in [0.2, 0.25) is 0 Å². The molecule has 47 heavy (non-hydrogen) atoms.